The van der Waals surface area contributed by atoms with Gasteiger partial charge in [0.1, 0.15) is 12.2 Å². The average molecular weight is 426 g/mol. The van der Waals surface area contributed by atoms with E-state index in [4.69, 9.17) is 4.74 Å². The number of hydrogen-bond acceptors (Lipinski definition) is 4. The Hall–Kier alpha value is -2.62. The van der Waals surface area contributed by atoms with Crippen LogP contribution in [-0.2, 0) is 30.4 Å². The third-order valence-electron chi connectivity index (χ3n) is 4.48. The smallest absolute Gasteiger partial charge is 0.385 e. The van der Waals surface area contributed by atoms with E-state index < -0.39 is 11.7 Å². The molecule has 10 heteroatoms. The molecule has 166 valence electrons. The average Bonchev–Trinajstić information content (AvgIpc) is 3.17. The van der Waals surface area contributed by atoms with Crippen LogP contribution in [0.4, 0.5) is 13.2 Å². The summed E-state index contributed by atoms with van der Waals surface area (Å²) in [5.41, 5.74) is 0.116. The molecule has 30 heavy (non-hydrogen) atoms. The van der Waals surface area contributed by atoms with Gasteiger partial charge in [-0.3, -0.25) is 4.99 Å². The Labute approximate surface area is 175 Å². The number of hydrogen-bond donors (Lipinski definition) is 1. The lowest BCUT2D eigenvalue weighted by Crippen LogP contribution is -2.40. The van der Waals surface area contributed by atoms with Crippen LogP contribution in [0, 0.1) is 0 Å². The first-order valence-electron chi connectivity index (χ1n) is 9.86. The lowest BCUT2D eigenvalue weighted by Gasteiger charge is -2.23. The van der Waals surface area contributed by atoms with Gasteiger partial charge in [0.15, 0.2) is 5.96 Å². The van der Waals surface area contributed by atoms with E-state index in [0.29, 0.717) is 38.7 Å². The van der Waals surface area contributed by atoms with Crippen LogP contribution in [0.2, 0.25) is 0 Å². The Kier molecular flexibility index (Phi) is 9.10. The van der Waals surface area contributed by atoms with E-state index in [1.165, 1.54) is 12.1 Å². The SMILES string of the molecule is CCc1nncn1CCNC(=NCCCOC)N(C)Cc1ccc(C(F)(F)F)cc1. The summed E-state index contributed by atoms with van der Waals surface area (Å²) in [5.74, 6) is 1.59. The molecule has 0 unspecified atom stereocenters. The maximum absolute atomic E-state index is 12.8. The normalized spacial score (nSPS) is 12.3. The molecule has 0 saturated carbocycles. The van der Waals surface area contributed by atoms with E-state index in [-0.39, 0.29) is 0 Å². The summed E-state index contributed by atoms with van der Waals surface area (Å²) < 4.78 is 45.3. The van der Waals surface area contributed by atoms with E-state index in [0.717, 1.165) is 36.4 Å². The lowest BCUT2D eigenvalue weighted by atomic mass is 10.1. The van der Waals surface area contributed by atoms with Gasteiger partial charge in [0.2, 0.25) is 0 Å². The first-order valence-corrected chi connectivity index (χ1v) is 9.86. The molecule has 0 aliphatic heterocycles. The molecule has 0 atom stereocenters. The zero-order valence-corrected chi connectivity index (χ0v) is 17.6. The molecule has 2 aromatic rings. The van der Waals surface area contributed by atoms with Crippen LogP contribution >= 0.6 is 0 Å². The second-order valence-corrected chi connectivity index (χ2v) is 6.82. The highest BCUT2D eigenvalue weighted by Crippen LogP contribution is 2.29. The van der Waals surface area contributed by atoms with Crippen LogP contribution in [0.1, 0.15) is 30.3 Å². The van der Waals surface area contributed by atoms with E-state index in [1.54, 1.807) is 13.4 Å². The molecule has 7 nitrogen and oxygen atoms in total. The van der Waals surface area contributed by atoms with Crippen LogP contribution in [0.25, 0.3) is 0 Å². The van der Waals surface area contributed by atoms with Crippen molar-refractivity contribution in [3.63, 3.8) is 0 Å². The predicted octanol–water partition coefficient (Wildman–Crippen LogP) is 2.97. The maximum Gasteiger partial charge on any atom is 0.416 e. The summed E-state index contributed by atoms with van der Waals surface area (Å²) in [6.07, 6.45) is -1.06. The van der Waals surface area contributed by atoms with Gasteiger partial charge in [0, 0.05) is 53.4 Å². The van der Waals surface area contributed by atoms with Gasteiger partial charge in [-0.25, -0.2) is 0 Å². The predicted molar refractivity (Wildman–Crippen MR) is 109 cm³/mol. The highest BCUT2D eigenvalue weighted by molar-refractivity contribution is 5.79. The number of nitrogens with one attached hydrogen (secondary N) is 1. The minimum atomic E-state index is -4.33. The number of alkyl halides is 3. The zero-order chi connectivity index (χ0) is 22.0. The minimum absolute atomic E-state index is 0.432. The number of nitrogens with zero attached hydrogens (tertiary/aromatic N) is 5. The highest BCUT2D eigenvalue weighted by atomic mass is 19.4. The maximum atomic E-state index is 12.8. The molecule has 1 aromatic heterocycles. The largest absolute Gasteiger partial charge is 0.416 e. The van der Waals surface area contributed by atoms with Crippen LogP contribution < -0.4 is 5.32 Å². The summed E-state index contributed by atoms with van der Waals surface area (Å²) in [4.78, 5) is 6.50. The monoisotopic (exact) mass is 426 g/mol. The number of ether oxygens (including phenoxy) is 1. The fourth-order valence-corrected chi connectivity index (χ4v) is 2.88. The fourth-order valence-electron chi connectivity index (χ4n) is 2.88. The van der Waals surface area contributed by atoms with Crippen molar-refractivity contribution >= 4 is 5.96 Å². The van der Waals surface area contributed by atoms with Crippen molar-refractivity contribution < 1.29 is 17.9 Å². The van der Waals surface area contributed by atoms with Crippen molar-refractivity contribution in [2.75, 3.05) is 33.9 Å². The summed E-state index contributed by atoms with van der Waals surface area (Å²) >= 11 is 0. The number of methoxy groups -OCH3 is 1. The standard InChI is InChI=1S/C20H29F3N6O/c1-4-18-27-26-15-29(18)12-11-25-19(24-10-5-13-30-3)28(2)14-16-6-8-17(9-7-16)20(21,22)23/h6-9,15H,4-5,10-14H2,1-3H3,(H,24,25). The lowest BCUT2D eigenvalue weighted by molar-refractivity contribution is -0.137. The number of aromatic nitrogens is 3. The van der Waals surface area contributed by atoms with Gasteiger partial charge in [0.25, 0.3) is 0 Å². The van der Waals surface area contributed by atoms with Crippen molar-refractivity contribution in [2.24, 2.45) is 4.99 Å². The molecule has 1 aromatic carbocycles. The van der Waals surface area contributed by atoms with Gasteiger partial charge in [-0.1, -0.05) is 19.1 Å². The van der Waals surface area contributed by atoms with E-state index in [2.05, 4.69) is 20.5 Å². The van der Waals surface area contributed by atoms with Gasteiger partial charge in [-0.15, -0.1) is 10.2 Å². The van der Waals surface area contributed by atoms with E-state index >= 15 is 0 Å². The summed E-state index contributed by atoms with van der Waals surface area (Å²) in [6, 6.07) is 5.19. The summed E-state index contributed by atoms with van der Waals surface area (Å²) in [5, 5.41) is 11.3. The van der Waals surface area contributed by atoms with Crippen molar-refractivity contribution in [1.82, 2.24) is 25.0 Å². The molecule has 0 bridgehead atoms. The first kappa shape index (κ1) is 23.7. The van der Waals surface area contributed by atoms with Crippen LogP contribution in [0.15, 0.2) is 35.6 Å². The van der Waals surface area contributed by atoms with Gasteiger partial charge in [-0.2, -0.15) is 13.2 Å². The van der Waals surface area contributed by atoms with Crippen LogP contribution in [-0.4, -0.2) is 59.5 Å². The van der Waals surface area contributed by atoms with Crippen molar-refractivity contribution in [3.8, 4) is 0 Å². The number of benzene rings is 1. The number of guanidine groups is 1. The molecule has 0 saturated heterocycles. The summed E-state index contributed by atoms with van der Waals surface area (Å²) in [6.45, 7) is 4.95. The van der Waals surface area contributed by atoms with Crippen molar-refractivity contribution in [1.29, 1.82) is 0 Å². The highest BCUT2D eigenvalue weighted by Gasteiger charge is 2.29. The molecule has 1 heterocycles. The van der Waals surface area contributed by atoms with Crippen molar-refractivity contribution in [2.45, 2.75) is 39.0 Å². The topological polar surface area (TPSA) is 67.6 Å². The van der Waals surface area contributed by atoms with Gasteiger partial charge in [0.05, 0.1) is 5.56 Å². The molecule has 0 aliphatic carbocycles. The second-order valence-electron chi connectivity index (χ2n) is 6.82. The first-order chi connectivity index (χ1) is 14.3. The molecular formula is C20H29F3N6O. The van der Waals surface area contributed by atoms with Gasteiger partial charge in [-0.05, 0) is 24.1 Å². The molecular weight excluding hydrogens is 397 g/mol. The summed E-state index contributed by atoms with van der Waals surface area (Å²) in [7, 11) is 3.50. The van der Waals surface area contributed by atoms with Crippen molar-refractivity contribution in [3.05, 3.63) is 47.5 Å². The van der Waals surface area contributed by atoms with Gasteiger partial charge >= 0.3 is 6.18 Å². The molecule has 0 fully saturated rings. The van der Waals surface area contributed by atoms with E-state index in [9.17, 15) is 13.2 Å². The minimum Gasteiger partial charge on any atom is -0.385 e. The third-order valence-corrected chi connectivity index (χ3v) is 4.48. The second kappa shape index (κ2) is 11.5. The molecule has 0 amide bonds. The molecule has 0 radical (unpaired) electrons. The third kappa shape index (κ3) is 7.33. The Bertz CT molecular complexity index is 789. The number of rotatable bonds is 10. The fraction of sp³-hybridized carbons (Fsp3) is 0.550. The number of aliphatic imine (C=N–C) groups is 1. The molecule has 2 rings (SSSR count). The van der Waals surface area contributed by atoms with E-state index in [1.807, 2.05) is 23.4 Å². The molecule has 1 N–H and O–H groups in total. The number of aryl methyl sites for hydroxylation is 1. The molecule has 0 spiro atoms. The number of halogens is 3. The van der Waals surface area contributed by atoms with Gasteiger partial charge < -0.3 is 19.5 Å². The van der Waals surface area contributed by atoms with Crippen LogP contribution in [0.3, 0.4) is 0 Å². The molecule has 0 aliphatic rings. The Balaban J connectivity index is 1.99. The Morgan fingerprint density at radius 2 is 2.00 bits per heavy atom. The zero-order valence-electron chi connectivity index (χ0n) is 17.6. The Morgan fingerprint density at radius 3 is 2.63 bits per heavy atom. The quantitative estimate of drug-likeness (QED) is 0.359. The Morgan fingerprint density at radius 1 is 1.27 bits per heavy atom. The van der Waals surface area contributed by atoms with Crippen LogP contribution in [0.5, 0.6) is 0 Å².